The van der Waals surface area contributed by atoms with Crippen LogP contribution in [0.3, 0.4) is 0 Å². The van der Waals surface area contributed by atoms with Crippen molar-refractivity contribution in [2.45, 2.75) is 25.7 Å². The Bertz CT molecular complexity index is 1160. The Morgan fingerprint density at radius 3 is 2.52 bits per heavy atom. The standard InChI is InChI=1S/C23H24N6/c1-22(2)13-23(22,16-6-4-3-5-7-16)14-25-20-11-10-18(26-28-20)15-8-9-19-17(12-15)21(24)29-27-19/h3-12H,13-14H2,1-2H3,(H,25,28)(H3,24,27,29). The van der Waals surface area contributed by atoms with Gasteiger partial charge in [-0.15, -0.1) is 10.2 Å². The zero-order valence-corrected chi connectivity index (χ0v) is 16.6. The van der Waals surface area contributed by atoms with Crippen LogP contribution in [0.5, 0.6) is 0 Å². The second-order valence-electron chi connectivity index (χ2n) is 8.54. The van der Waals surface area contributed by atoms with E-state index in [-0.39, 0.29) is 10.8 Å². The van der Waals surface area contributed by atoms with Gasteiger partial charge in [-0.05, 0) is 41.7 Å². The quantitative estimate of drug-likeness (QED) is 0.475. The maximum atomic E-state index is 5.91. The Morgan fingerprint density at radius 1 is 1.03 bits per heavy atom. The third-order valence-corrected chi connectivity index (χ3v) is 6.36. The Morgan fingerprint density at radius 2 is 1.83 bits per heavy atom. The number of nitrogens with two attached hydrogens (primary N) is 1. The van der Waals surface area contributed by atoms with E-state index in [1.165, 1.54) is 5.56 Å². The van der Waals surface area contributed by atoms with Crippen LogP contribution in [0, 0.1) is 5.41 Å². The van der Waals surface area contributed by atoms with Gasteiger partial charge in [0.25, 0.3) is 0 Å². The van der Waals surface area contributed by atoms with Crippen LogP contribution in [0.4, 0.5) is 11.6 Å². The molecule has 0 amide bonds. The summed E-state index contributed by atoms with van der Waals surface area (Å²) in [6.07, 6.45) is 1.16. The summed E-state index contributed by atoms with van der Waals surface area (Å²) >= 11 is 0. The molecular weight excluding hydrogens is 360 g/mol. The van der Waals surface area contributed by atoms with Crippen molar-refractivity contribution in [1.29, 1.82) is 0 Å². The number of rotatable bonds is 5. The van der Waals surface area contributed by atoms with Gasteiger partial charge in [-0.1, -0.05) is 50.2 Å². The number of nitrogens with zero attached hydrogens (tertiary/aromatic N) is 3. The van der Waals surface area contributed by atoms with E-state index in [4.69, 9.17) is 5.73 Å². The number of fused-ring (bicyclic) bond motifs is 1. The van der Waals surface area contributed by atoms with Gasteiger partial charge in [0, 0.05) is 22.9 Å². The van der Waals surface area contributed by atoms with Gasteiger partial charge in [0.2, 0.25) is 0 Å². The summed E-state index contributed by atoms with van der Waals surface area (Å²) in [6, 6.07) is 20.7. The number of nitrogens with one attached hydrogen (secondary N) is 2. The minimum Gasteiger partial charge on any atom is -0.382 e. The fourth-order valence-corrected chi connectivity index (χ4v) is 4.38. The van der Waals surface area contributed by atoms with Gasteiger partial charge in [0.1, 0.15) is 5.82 Å². The van der Waals surface area contributed by atoms with Crippen molar-refractivity contribution in [3.8, 4) is 11.3 Å². The number of hydrogen-bond acceptors (Lipinski definition) is 5. The smallest absolute Gasteiger partial charge is 0.153 e. The number of hydrogen-bond donors (Lipinski definition) is 3. The molecule has 0 spiro atoms. The molecule has 2 aromatic heterocycles. The molecular formula is C23H24N6. The molecule has 2 heterocycles. The van der Waals surface area contributed by atoms with Crippen LogP contribution in [-0.4, -0.2) is 26.9 Å². The molecule has 4 aromatic rings. The Kier molecular flexibility index (Phi) is 3.84. The first kappa shape index (κ1) is 17.7. The lowest BCUT2D eigenvalue weighted by Gasteiger charge is -2.22. The van der Waals surface area contributed by atoms with Crippen molar-refractivity contribution in [1.82, 2.24) is 20.4 Å². The number of H-pyrrole nitrogens is 1. The van der Waals surface area contributed by atoms with E-state index in [2.05, 4.69) is 69.9 Å². The molecule has 1 saturated carbocycles. The Hall–Kier alpha value is -3.41. The summed E-state index contributed by atoms with van der Waals surface area (Å²) in [7, 11) is 0. The fourth-order valence-electron chi connectivity index (χ4n) is 4.38. The maximum absolute atomic E-state index is 5.91. The van der Waals surface area contributed by atoms with Crippen molar-refractivity contribution in [3.63, 3.8) is 0 Å². The maximum Gasteiger partial charge on any atom is 0.153 e. The van der Waals surface area contributed by atoms with Crippen LogP contribution >= 0.6 is 0 Å². The van der Waals surface area contributed by atoms with Gasteiger partial charge in [-0.2, -0.15) is 5.10 Å². The monoisotopic (exact) mass is 384 g/mol. The molecule has 1 atom stereocenters. The van der Waals surface area contributed by atoms with E-state index < -0.39 is 0 Å². The lowest BCUT2D eigenvalue weighted by atomic mass is 9.88. The number of anilines is 2. The Balaban J connectivity index is 1.35. The number of aromatic amines is 1. The van der Waals surface area contributed by atoms with Crippen LogP contribution in [0.15, 0.2) is 60.7 Å². The summed E-state index contributed by atoms with van der Waals surface area (Å²) in [5.41, 5.74) is 10.4. The van der Waals surface area contributed by atoms with Gasteiger partial charge in [-0.25, -0.2) is 0 Å². The highest BCUT2D eigenvalue weighted by Gasteiger charge is 2.61. The molecule has 1 unspecified atom stereocenters. The van der Waals surface area contributed by atoms with Crippen molar-refractivity contribution in [3.05, 3.63) is 66.2 Å². The molecule has 1 fully saturated rings. The Labute approximate surface area is 169 Å². The molecule has 0 radical (unpaired) electrons. The minimum atomic E-state index is 0.137. The van der Waals surface area contributed by atoms with Crippen molar-refractivity contribution in [2.24, 2.45) is 5.41 Å². The zero-order chi connectivity index (χ0) is 20.1. The van der Waals surface area contributed by atoms with Crippen LogP contribution in [0.25, 0.3) is 22.2 Å². The molecule has 5 rings (SSSR count). The molecule has 2 aromatic carbocycles. The van der Waals surface area contributed by atoms with Crippen molar-refractivity contribution < 1.29 is 0 Å². The molecule has 4 N–H and O–H groups in total. The predicted octanol–water partition coefficient (Wildman–Crippen LogP) is 4.38. The highest BCUT2D eigenvalue weighted by atomic mass is 15.2. The molecule has 0 bridgehead atoms. The van der Waals surface area contributed by atoms with Crippen LogP contribution in [0.1, 0.15) is 25.8 Å². The van der Waals surface area contributed by atoms with E-state index in [0.29, 0.717) is 5.82 Å². The first-order valence-corrected chi connectivity index (χ1v) is 9.86. The lowest BCUT2D eigenvalue weighted by Crippen LogP contribution is -2.25. The van der Waals surface area contributed by atoms with Crippen LogP contribution in [0.2, 0.25) is 0 Å². The van der Waals surface area contributed by atoms with Gasteiger partial charge in [0.15, 0.2) is 5.82 Å². The molecule has 1 aliphatic rings. The van der Waals surface area contributed by atoms with Gasteiger partial charge >= 0.3 is 0 Å². The lowest BCUT2D eigenvalue weighted by molar-refractivity contribution is 0.512. The van der Waals surface area contributed by atoms with Crippen molar-refractivity contribution >= 4 is 22.5 Å². The summed E-state index contributed by atoms with van der Waals surface area (Å²) in [5.74, 6) is 1.28. The van der Waals surface area contributed by atoms with Crippen LogP contribution in [-0.2, 0) is 5.41 Å². The van der Waals surface area contributed by atoms with E-state index in [1.807, 2.05) is 30.3 Å². The molecule has 29 heavy (non-hydrogen) atoms. The summed E-state index contributed by atoms with van der Waals surface area (Å²) in [5, 5.41) is 20.2. The highest BCUT2D eigenvalue weighted by Crippen LogP contribution is 2.64. The van der Waals surface area contributed by atoms with Crippen molar-refractivity contribution in [2.75, 3.05) is 17.6 Å². The molecule has 0 saturated heterocycles. The minimum absolute atomic E-state index is 0.137. The summed E-state index contributed by atoms with van der Waals surface area (Å²) in [4.78, 5) is 0. The molecule has 146 valence electrons. The SMILES string of the molecule is CC1(C)CC1(CNc1ccc(-c2ccc3[nH]nc(N)c3c2)nn1)c1ccccc1. The predicted molar refractivity (Wildman–Crippen MR) is 117 cm³/mol. The van der Waals surface area contributed by atoms with E-state index in [0.717, 1.165) is 40.9 Å². The largest absolute Gasteiger partial charge is 0.382 e. The molecule has 0 aliphatic heterocycles. The molecule has 6 nitrogen and oxygen atoms in total. The first-order chi connectivity index (χ1) is 14.0. The van der Waals surface area contributed by atoms with Gasteiger partial charge < -0.3 is 11.1 Å². The van der Waals surface area contributed by atoms with Gasteiger partial charge in [-0.3, -0.25) is 5.10 Å². The second kappa shape index (κ2) is 6.30. The normalized spacial score (nSPS) is 19.9. The van der Waals surface area contributed by atoms with E-state index in [9.17, 15) is 0 Å². The number of nitrogen functional groups attached to an aromatic ring is 1. The first-order valence-electron chi connectivity index (χ1n) is 9.86. The van der Waals surface area contributed by atoms with E-state index in [1.54, 1.807) is 0 Å². The van der Waals surface area contributed by atoms with Gasteiger partial charge in [0.05, 0.1) is 11.2 Å². The van der Waals surface area contributed by atoms with Crippen LogP contribution < -0.4 is 11.1 Å². The third kappa shape index (κ3) is 2.92. The summed E-state index contributed by atoms with van der Waals surface area (Å²) < 4.78 is 0. The number of aromatic nitrogens is 4. The third-order valence-electron chi connectivity index (χ3n) is 6.36. The molecule has 6 heteroatoms. The topological polar surface area (TPSA) is 92.5 Å². The average Bonchev–Trinajstić information content (AvgIpc) is 3.13. The molecule has 1 aliphatic carbocycles. The fraction of sp³-hybridized carbons (Fsp3) is 0.261. The zero-order valence-electron chi connectivity index (χ0n) is 16.6. The average molecular weight is 384 g/mol. The second-order valence-corrected chi connectivity index (χ2v) is 8.54. The van der Waals surface area contributed by atoms with E-state index >= 15 is 0 Å². The highest BCUT2D eigenvalue weighted by molar-refractivity contribution is 5.91. The summed E-state index contributed by atoms with van der Waals surface area (Å²) in [6.45, 7) is 5.50. The number of benzene rings is 2.